The Morgan fingerprint density at radius 1 is 1.25 bits per heavy atom. The average molecular weight is 347 g/mol. The predicted molar refractivity (Wildman–Crippen MR) is 84.0 cm³/mol. The number of ether oxygens (including phenoxy) is 2. The molecular formula is C16H12ClFN4O2. The molecule has 0 fully saturated rings. The lowest BCUT2D eigenvalue weighted by Gasteiger charge is -2.20. The van der Waals surface area contributed by atoms with E-state index in [0.717, 1.165) is 0 Å². The molecule has 6 nitrogen and oxygen atoms in total. The maximum atomic E-state index is 13.8. The minimum absolute atomic E-state index is 0.140. The van der Waals surface area contributed by atoms with E-state index in [0.29, 0.717) is 39.9 Å². The molecule has 24 heavy (non-hydrogen) atoms. The van der Waals surface area contributed by atoms with Crippen molar-refractivity contribution >= 4 is 11.6 Å². The van der Waals surface area contributed by atoms with Gasteiger partial charge in [0.15, 0.2) is 6.79 Å². The van der Waals surface area contributed by atoms with Gasteiger partial charge in [-0.1, -0.05) is 23.7 Å². The highest BCUT2D eigenvalue weighted by molar-refractivity contribution is 6.33. The smallest absolute Gasteiger partial charge is 0.206 e. The summed E-state index contributed by atoms with van der Waals surface area (Å²) in [5, 5.41) is 12.9. The molecule has 1 aliphatic heterocycles. The lowest BCUT2D eigenvalue weighted by Crippen LogP contribution is -2.15. The van der Waals surface area contributed by atoms with Crippen LogP contribution in [0.2, 0.25) is 5.02 Å². The van der Waals surface area contributed by atoms with Gasteiger partial charge in [-0.2, -0.15) is 4.80 Å². The van der Waals surface area contributed by atoms with Crippen LogP contribution in [0.4, 0.5) is 4.39 Å². The van der Waals surface area contributed by atoms with Gasteiger partial charge in [-0.05, 0) is 29.5 Å². The summed E-state index contributed by atoms with van der Waals surface area (Å²) in [6, 6.07) is 10.1. The molecule has 0 radical (unpaired) electrons. The number of halogens is 2. The minimum Gasteiger partial charge on any atom is -0.467 e. The molecule has 2 aromatic carbocycles. The first-order chi connectivity index (χ1) is 11.7. The molecule has 3 aromatic rings. The molecule has 1 aromatic heterocycles. The number of tetrazole rings is 1. The zero-order valence-corrected chi connectivity index (χ0v) is 13.2. The van der Waals surface area contributed by atoms with Crippen LogP contribution in [0, 0.1) is 5.82 Å². The Balaban J connectivity index is 1.66. The molecule has 4 rings (SSSR count). The van der Waals surface area contributed by atoms with Gasteiger partial charge in [-0.15, -0.1) is 10.2 Å². The molecule has 8 heteroatoms. The Bertz CT molecular complexity index is 900. The third-order valence-electron chi connectivity index (χ3n) is 3.63. The van der Waals surface area contributed by atoms with Gasteiger partial charge >= 0.3 is 0 Å². The van der Waals surface area contributed by atoms with Crippen LogP contribution in [0.3, 0.4) is 0 Å². The van der Waals surface area contributed by atoms with Gasteiger partial charge in [-0.3, -0.25) is 0 Å². The standard InChI is InChI=1S/C16H12ClFN4O2/c17-14-4-2-1-3-13(14)16-19-21-22(20-16)7-10-5-12(18)6-11-8-23-9-24-15(10)11/h1-6H,7-9H2. The Kier molecular flexibility index (Phi) is 3.87. The highest BCUT2D eigenvalue weighted by atomic mass is 35.5. The van der Waals surface area contributed by atoms with E-state index in [1.807, 2.05) is 18.2 Å². The lowest BCUT2D eigenvalue weighted by atomic mass is 10.1. The second-order valence-electron chi connectivity index (χ2n) is 5.29. The second-order valence-corrected chi connectivity index (χ2v) is 5.69. The SMILES string of the molecule is Fc1cc2c(c(Cn3nnc(-c4ccccc4Cl)n3)c1)OCOC2. The second kappa shape index (κ2) is 6.18. The topological polar surface area (TPSA) is 62.1 Å². The van der Waals surface area contributed by atoms with Crippen LogP contribution in [0.15, 0.2) is 36.4 Å². The van der Waals surface area contributed by atoms with Gasteiger partial charge in [0.1, 0.15) is 11.6 Å². The van der Waals surface area contributed by atoms with Gasteiger partial charge in [0.05, 0.1) is 18.2 Å². The maximum absolute atomic E-state index is 13.8. The summed E-state index contributed by atoms with van der Waals surface area (Å²) >= 11 is 6.14. The zero-order chi connectivity index (χ0) is 16.5. The van der Waals surface area contributed by atoms with Crippen LogP contribution in [-0.2, 0) is 17.9 Å². The van der Waals surface area contributed by atoms with E-state index in [-0.39, 0.29) is 19.2 Å². The molecule has 0 bridgehead atoms. The third-order valence-corrected chi connectivity index (χ3v) is 3.96. The van der Waals surface area contributed by atoms with E-state index in [2.05, 4.69) is 15.4 Å². The predicted octanol–water partition coefficient (Wildman–Crippen LogP) is 3.05. The quantitative estimate of drug-likeness (QED) is 0.729. The van der Waals surface area contributed by atoms with Crippen LogP contribution in [0.1, 0.15) is 11.1 Å². The minimum atomic E-state index is -0.357. The molecule has 0 atom stereocenters. The van der Waals surface area contributed by atoms with Gasteiger partial charge in [0.2, 0.25) is 5.82 Å². The van der Waals surface area contributed by atoms with Crippen LogP contribution in [0.5, 0.6) is 5.75 Å². The van der Waals surface area contributed by atoms with Crippen molar-refractivity contribution in [3.8, 4) is 17.1 Å². The Morgan fingerprint density at radius 2 is 2.12 bits per heavy atom. The van der Waals surface area contributed by atoms with E-state index in [1.54, 1.807) is 6.07 Å². The molecule has 0 spiro atoms. The first kappa shape index (κ1) is 15.0. The molecule has 1 aliphatic rings. The van der Waals surface area contributed by atoms with Gasteiger partial charge in [0, 0.05) is 16.7 Å². The van der Waals surface area contributed by atoms with Crippen LogP contribution >= 0.6 is 11.6 Å². The van der Waals surface area contributed by atoms with Gasteiger partial charge < -0.3 is 9.47 Å². The highest BCUT2D eigenvalue weighted by Crippen LogP contribution is 2.30. The fourth-order valence-electron chi connectivity index (χ4n) is 2.59. The summed E-state index contributed by atoms with van der Waals surface area (Å²) in [5.74, 6) is 0.665. The van der Waals surface area contributed by atoms with Crippen LogP contribution < -0.4 is 4.74 Å². The number of nitrogens with zero attached hydrogens (tertiary/aromatic N) is 4. The van der Waals surface area contributed by atoms with E-state index in [1.165, 1.54) is 16.9 Å². The summed E-state index contributed by atoms with van der Waals surface area (Å²) < 4.78 is 24.5. The molecule has 122 valence electrons. The van der Waals surface area contributed by atoms with Crippen molar-refractivity contribution in [1.29, 1.82) is 0 Å². The molecule has 0 N–H and O–H groups in total. The van der Waals surface area contributed by atoms with Crippen molar-refractivity contribution < 1.29 is 13.9 Å². The summed E-state index contributed by atoms with van der Waals surface area (Å²) in [4.78, 5) is 1.38. The molecule has 0 unspecified atom stereocenters. The third kappa shape index (κ3) is 2.83. The Morgan fingerprint density at radius 3 is 3.00 bits per heavy atom. The maximum Gasteiger partial charge on any atom is 0.206 e. The normalized spacial score (nSPS) is 13.4. The average Bonchev–Trinajstić information content (AvgIpc) is 3.03. The number of benzene rings is 2. The summed E-state index contributed by atoms with van der Waals surface area (Å²) in [6.45, 7) is 0.689. The highest BCUT2D eigenvalue weighted by Gasteiger charge is 2.18. The van der Waals surface area contributed by atoms with E-state index in [4.69, 9.17) is 21.1 Å². The van der Waals surface area contributed by atoms with Crippen molar-refractivity contribution in [2.75, 3.05) is 6.79 Å². The van der Waals surface area contributed by atoms with Crippen LogP contribution in [-0.4, -0.2) is 27.0 Å². The molecular weight excluding hydrogens is 335 g/mol. The summed E-state index contributed by atoms with van der Waals surface area (Å²) in [6.07, 6.45) is 0. The Labute approximate surface area is 141 Å². The summed E-state index contributed by atoms with van der Waals surface area (Å²) in [5.41, 5.74) is 2.00. The first-order valence-corrected chi connectivity index (χ1v) is 7.63. The largest absolute Gasteiger partial charge is 0.467 e. The fourth-order valence-corrected chi connectivity index (χ4v) is 2.81. The number of rotatable bonds is 3. The molecule has 0 saturated heterocycles. The van der Waals surface area contributed by atoms with Gasteiger partial charge in [0.25, 0.3) is 0 Å². The fraction of sp³-hybridized carbons (Fsp3) is 0.188. The lowest BCUT2D eigenvalue weighted by molar-refractivity contribution is -0.0173. The van der Waals surface area contributed by atoms with Crippen molar-refractivity contribution in [3.05, 3.63) is 58.4 Å². The van der Waals surface area contributed by atoms with Crippen molar-refractivity contribution in [2.45, 2.75) is 13.2 Å². The number of fused-ring (bicyclic) bond motifs is 1. The van der Waals surface area contributed by atoms with Crippen molar-refractivity contribution in [3.63, 3.8) is 0 Å². The monoisotopic (exact) mass is 346 g/mol. The first-order valence-electron chi connectivity index (χ1n) is 7.25. The van der Waals surface area contributed by atoms with Crippen LogP contribution in [0.25, 0.3) is 11.4 Å². The molecule has 0 amide bonds. The summed E-state index contributed by atoms with van der Waals surface area (Å²) in [7, 11) is 0. The van der Waals surface area contributed by atoms with E-state index >= 15 is 0 Å². The molecule has 0 saturated carbocycles. The Hall–Kier alpha value is -2.51. The zero-order valence-electron chi connectivity index (χ0n) is 12.4. The van der Waals surface area contributed by atoms with Crippen molar-refractivity contribution in [2.24, 2.45) is 0 Å². The number of hydrogen-bond donors (Lipinski definition) is 0. The van der Waals surface area contributed by atoms with E-state index in [9.17, 15) is 4.39 Å². The number of aromatic nitrogens is 4. The molecule has 2 heterocycles. The van der Waals surface area contributed by atoms with Gasteiger partial charge in [-0.25, -0.2) is 4.39 Å². The van der Waals surface area contributed by atoms with Crippen molar-refractivity contribution in [1.82, 2.24) is 20.2 Å². The number of hydrogen-bond acceptors (Lipinski definition) is 5. The van der Waals surface area contributed by atoms with E-state index < -0.39 is 0 Å². The molecule has 0 aliphatic carbocycles.